The average Bonchev–Trinajstić information content (AvgIpc) is 2.88. The van der Waals surface area contributed by atoms with Crippen LogP contribution in [-0.2, 0) is 16.6 Å². The molecule has 4 rings (SSSR count). The molecule has 3 fully saturated rings. The number of hydrogen-bond donors (Lipinski definition) is 2. The summed E-state index contributed by atoms with van der Waals surface area (Å²) in [5, 5.41) is 1.83. The molecule has 0 radical (unpaired) electrons. The van der Waals surface area contributed by atoms with Gasteiger partial charge in [0.25, 0.3) is 0 Å². The summed E-state index contributed by atoms with van der Waals surface area (Å²) >= 11 is 1.27. The van der Waals surface area contributed by atoms with Crippen LogP contribution in [0.3, 0.4) is 0 Å². The molecule has 0 amide bonds. The van der Waals surface area contributed by atoms with E-state index in [0.29, 0.717) is 22.6 Å². The Kier molecular flexibility index (Phi) is 2.62. The first-order valence-electron chi connectivity index (χ1n) is 6.90. The first-order valence-corrected chi connectivity index (χ1v) is 9.26. The van der Waals surface area contributed by atoms with Crippen molar-refractivity contribution < 1.29 is 8.42 Å². The highest BCUT2D eigenvalue weighted by Crippen LogP contribution is 2.65. The van der Waals surface area contributed by atoms with Gasteiger partial charge in [0.1, 0.15) is 4.21 Å². The second-order valence-corrected chi connectivity index (χ2v) is 8.97. The minimum Gasteiger partial charge on any atom is -0.326 e. The molecule has 0 aromatic carbocycles. The minimum absolute atomic E-state index is 0.208. The number of nitrogens with two attached hydrogens (primary N) is 1. The first-order chi connectivity index (χ1) is 9.10. The van der Waals surface area contributed by atoms with Gasteiger partial charge in [0, 0.05) is 12.6 Å². The topological polar surface area (TPSA) is 72.2 Å². The molecule has 0 aliphatic heterocycles. The Morgan fingerprint density at radius 1 is 1.32 bits per heavy atom. The molecule has 0 spiro atoms. The molecule has 2 bridgehead atoms. The van der Waals surface area contributed by atoms with Crippen molar-refractivity contribution in [2.45, 2.75) is 36.1 Å². The van der Waals surface area contributed by atoms with Crippen LogP contribution in [0.25, 0.3) is 0 Å². The Morgan fingerprint density at radius 3 is 2.58 bits per heavy atom. The van der Waals surface area contributed by atoms with Crippen molar-refractivity contribution in [3.05, 3.63) is 17.0 Å². The van der Waals surface area contributed by atoms with Crippen LogP contribution in [0.4, 0.5) is 0 Å². The predicted octanol–water partition coefficient (Wildman–Crippen LogP) is 1.53. The molecule has 3 saturated carbocycles. The van der Waals surface area contributed by atoms with Crippen molar-refractivity contribution in [3.8, 4) is 0 Å². The van der Waals surface area contributed by atoms with Crippen molar-refractivity contribution in [3.63, 3.8) is 0 Å². The van der Waals surface area contributed by atoms with Gasteiger partial charge in [-0.05, 0) is 59.9 Å². The summed E-state index contributed by atoms with van der Waals surface area (Å²) in [4.78, 5) is 0. The Hall–Kier alpha value is -0.430. The quantitative estimate of drug-likeness (QED) is 0.885. The molecule has 104 valence electrons. The van der Waals surface area contributed by atoms with Crippen molar-refractivity contribution >= 4 is 21.4 Å². The molecule has 1 aromatic heterocycles. The molecular weight excluding hydrogens is 280 g/mol. The number of nitrogens with one attached hydrogen (secondary N) is 1. The fourth-order valence-corrected chi connectivity index (χ4v) is 6.86. The third kappa shape index (κ3) is 1.81. The summed E-state index contributed by atoms with van der Waals surface area (Å²) in [5.41, 5.74) is 6.42. The zero-order valence-corrected chi connectivity index (χ0v) is 12.2. The molecule has 4 atom stereocenters. The molecule has 1 aromatic rings. The molecule has 3 aliphatic carbocycles. The van der Waals surface area contributed by atoms with Crippen LogP contribution in [0.1, 0.15) is 24.8 Å². The Bertz CT molecular complexity index is 594. The fourth-order valence-electron chi connectivity index (χ4n) is 4.32. The van der Waals surface area contributed by atoms with Crippen LogP contribution in [0.15, 0.2) is 15.7 Å². The lowest BCUT2D eigenvalue weighted by Gasteiger charge is -2.10. The minimum atomic E-state index is -3.33. The van der Waals surface area contributed by atoms with Crippen LogP contribution in [0.2, 0.25) is 0 Å². The smallest absolute Gasteiger partial charge is 0.250 e. The van der Waals surface area contributed by atoms with E-state index in [1.165, 1.54) is 30.6 Å². The van der Waals surface area contributed by atoms with Gasteiger partial charge in [-0.2, -0.15) is 0 Å². The van der Waals surface area contributed by atoms with Crippen LogP contribution >= 0.6 is 11.3 Å². The summed E-state index contributed by atoms with van der Waals surface area (Å²) < 4.78 is 28.0. The zero-order valence-electron chi connectivity index (χ0n) is 10.6. The number of sulfonamides is 1. The normalized spacial score (nSPS) is 39.5. The second-order valence-electron chi connectivity index (χ2n) is 6.11. The van der Waals surface area contributed by atoms with Gasteiger partial charge < -0.3 is 5.73 Å². The van der Waals surface area contributed by atoms with Gasteiger partial charge in [0.2, 0.25) is 10.0 Å². The van der Waals surface area contributed by atoms with Crippen LogP contribution < -0.4 is 10.5 Å². The maximum absolute atomic E-state index is 12.3. The largest absolute Gasteiger partial charge is 0.326 e. The van der Waals surface area contributed by atoms with Crippen molar-refractivity contribution in [1.29, 1.82) is 0 Å². The molecule has 1 heterocycles. The molecule has 4 nitrogen and oxygen atoms in total. The van der Waals surface area contributed by atoms with E-state index >= 15 is 0 Å². The third-order valence-corrected chi connectivity index (χ3v) is 8.10. The van der Waals surface area contributed by atoms with E-state index in [9.17, 15) is 8.42 Å². The maximum atomic E-state index is 12.3. The third-order valence-electron chi connectivity index (χ3n) is 5.16. The second kappa shape index (κ2) is 4.04. The summed E-state index contributed by atoms with van der Waals surface area (Å²) in [5.74, 6) is 2.82. The fraction of sp³-hybridized carbons (Fsp3) is 0.692. The molecular formula is C13H18N2O2S2. The van der Waals surface area contributed by atoms with Crippen LogP contribution in [0, 0.1) is 23.7 Å². The lowest BCUT2D eigenvalue weighted by Crippen LogP contribution is -2.29. The molecule has 0 saturated heterocycles. The Balaban J connectivity index is 1.51. The maximum Gasteiger partial charge on any atom is 0.250 e. The SMILES string of the molecule is NCc1csc(S(=O)(=O)NC2C3C4CCC(C4)C23)c1. The van der Waals surface area contributed by atoms with E-state index < -0.39 is 10.0 Å². The lowest BCUT2D eigenvalue weighted by atomic mass is 10.0. The summed E-state index contributed by atoms with van der Waals surface area (Å²) in [6.07, 6.45) is 3.95. The zero-order chi connectivity index (χ0) is 13.2. The average molecular weight is 298 g/mol. The summed E-state index contributed by atoms with van der Waals surface area (Å²) in [7, 11) is -3.33. The lowest BCUT2D eigenvalue weighted by molar-refractivity contribution is 0.456. The highest BCUT2D eigenvalue weighted by atomic mass is 32.2. The van der Waals surface area contributed by atoms with Gasteiger partial charge in [-0.25, -0.2) is 13.1 Å². The standard InChI is InChI=1S/C13H18N2O2S2/c14-5-7-3-10(18-6-7)19(16,17)15-13-11-8-1-2-9(4-8)12(11)13/h3,6,8-9,11-13,15H,1-2,4-5,14H2. The van der Waals surface area contributed by atoms with Crippen LogP contribution in [-0.4, -0.2) is 14.5 Å². The monoisotopic (exact) mass is 298 g/mol. The van der Waals surface area contributed by atoms with E-state index in [1.54, 1.807) is 6.07 Å². The highest BCUT2D eigenvalue weighted by Gasteiger charge is 2.65. The molecule has 19 heavy (non-hydrogen) atoms. The predicted molar refractivity (Wildman–Crippen MR) is 74.1 cm³/mol. The van der Waals surface area contributed by atoms with E-state index in [0.717, 1.165) is 17.4 Å². The Morgan fingerprint density at radius 2 is 2.00 bits per heavy atom. The number of hydrogen-bond acceptors (Lipinski definition) is 4. The van der Waals surface area contributed by atoms with Gasteiger partial charge in [-0.1, -0.05) is 0 Å². The van der Waals surface area contributed by atoms with Gasteiger partial charge >= 0.3 is 0 Å². The number of fused-ring (bicyclic) bond motifs is 5. The van der Waals surface area contributed by atoms with Crippen molar-refractivity contribution in [2.24, 2.45) is 29.4 Å². The number of rotatable bonds is 4. The first kappa shape index (κ1) is 12.3. The van der Waals surface area contributed by atoms with E-state index in [2.05, 4.69) is 4.72 Å². The molecule has 3 N–H and O–H groups in total. The van der Waals surface area contributed by atoms with E-state index in [4.69, 9.17) is 5.73 Å². The van der Waals surface area contributed by atoms with Crippen molar-refractivity contribution in [1.82, 2.24) is 4.72 Å². The number of thiophene rings is 1. The molecule has 4 unspecified atom stereocenters. The van der Waals surface area contributed by atoms with Crippen LogP contribution in [0.5, 0.6) is 0 Å². The summed E-state index contributed by atoms with van der Waals surface area (Å²) in [6.45, 7) is 0.394. The van der Waals surface area contributed by atoms with E-state index in [-0.39, 0.29) is 6.04 Å². The van der Waals surface area contributed by atoms with Gasteiger partial charge in [0.05, 0.1) is 0 Å². The van der Waals surface area contributed by atoms with E-state index in [1.807, 2.05) is 5.38 Å². The van der Waals surface area contributed by atoms with Crippen molar-refractivity contribution in [2.75, 3.05) is 0 Å². The Labute approximate surface area is 117 Å². The molecule has 3 aliphatic rings. The van der Waals surface area contributed by atoms with Gasteiger partial charge in [-0.3, -0.25) is 0 Å². The molecule has 6 heteroatoms. The van der Waals surface area contributed by atoms with Gasteiger partial charge in [-0.15, -0.1) is 11.3 Å². The highest BCUT2D eigenvalue weighted by molar-refractivity contribution is 7.91. The summed E-state index contributed by atoms with van der Waals surface area (Å²) in [6, 6.07) is 1.90. The van der Waals surface area contributed by atoms with Gasteiger partial charge in [0.15, 0.2) is 0 Å².